The van der Waals surface area contributed by atoms with Crippen LogP contribution in [0, 0.1) is 6.92 Å². The first-order chi connectivity index (χ1) is 6.12. The third kappa shape index (κ3) is 2.71. The van der Waals surface area contributed by atoms with Crippen LogP contribution in [0.2, 0.25) is 0 Å². The van der Waals surface area contributed by atoms with Crippen molar-refractivity contribution in [2.45, 2.75) is 19.3 Å². The van der Waals surface area contributed by atoms with Crippen LogP contribution in [-0.2, 0) is 5.41 Å². The predicted octanol–water partition coefficient (Wildman–Crippen LogP) is 1.63. The van der Waals surface area contributed by atoms with Crippen LogP contribution in [0.25, 0.3) is 0 Å². The fourth-order valence-electron chi connectivity index (χ4n) is 1.23. The van der Waals surface area contributed by atoms with E-state index < -0.39 is 0 Å². The molecule has 1 aromatic rings. The summed E-state index contributed by atoms with van der Waals surface area (Å²) in [7, 11) is 0. The molecule has 0 saturated heterocycles. The van der Waals surface area contributed by atoms with Crippen LogP contribution in [0.4, 0.5) is 0 Å². The maximum absolute atomic E-state index is 9.23. The summed E-state index contributed by atoms with van der Waals surface area (Å²) in [6.07, 6.45) is 0. The number of hydrogen-bond acceptors (Lipinski definition) is 2. The van der Waals surface area contributed by atoms with Gasteiger partial charge in [0.25, 0.3) is 0 Å². The van der Waals surface area contributed by atoms with Crippen molar-refractivity contribution in [3.63, 3.8) is 0 Å². The molecule has 3 N–H and O–H groups in total. The number of rotatable bonds is 3. The number of hydrogen-bond donors (Lipinski definition) is 2. The van der Waals surface area contributed by atoms with E-state index in [-0.39, 0.29) is 24.4 Å². The van der Waals surface area contributed by atoms with Gasteiger partial charge in [-0.3, -0.25) is 0 Å². The van der Waals surface area contributed by atoms with Gasteiger partial charge in [-0.2, -0.15) is 0 Å². The molecule has 0 amide bonds. The topological polar surface area (TPSA) is 46.2 Å². The average Bonchev–Trinajstić information content (AvgIpc) is 2.18. The van der Waals surface area contributed by atoms with Crippen molar-refractivity contribution in [3.8, 4) is 0 Å². The first-order valence-electron chi connectivity index (χ1n) is 4.50. The van der Waals surface area contributed by atoms with E-state index in [1.807, 2.05) is 38.1 Å². The van der Waals surface area contributed by atoms with Gasteiger partial charge < -0.3 is 10.8 Å². The molecular formula is C11H18ClNO. The number of benzene rings is 1. The average molecular weight is 216 g/mol. The third-order valence-electron chi connectivity index (χ3n) is 2.55. The van der Waals surface area contributed by atoms with Gasteiger partial charge in [0.1, 0.15) is 0 Å². The lowest BCUT2D eigenvalue weighted by molar-refractivity contribution is 0.210. The van der Waals surface area contributed by atoms with Crippen molar-refractivity contribution in [1.82, 2.24) is 0 Å². The van der Waals surface area contributed by atoms with E-state index in [0.717, 1.165) is 5.56 Å². The highest BCUT2D eigenvalue weighted by Gasteiger charge is 2.23. The van der Waals surface area contributed by atoms with Gasteiger partial charge in [0.05, 0.1) is 6.61 Å². The van der Waals surface area contributed by atoms with Gasteiger partial charge in [-0.15, -0.1) is 12.4 Å². The molecule has 3 heteroatoms. The molecule has 2 nitrogen and oxygen atoms in total. The maximum atomic E-state index is 9.23. The van der Waals surface area contributed by atoms with E-state index in [4.69, 9.17) is 5.73 Å². The highest BCUT2D eigenvalue weighted by atomic mass is 35.5. The largest absolute Gasteiger partial charge is 0.395 e. The molecule has 0 aliphatic carbocycles. The van der Waals surface area contributed by atoms with E-state index in [0.29, 0.717) is 6.54 Å². The molecule has 0 aliphatic rings. The van der Waals surface area contributed by atoms with Crippen molar-refractivity contribution >= 4 is 12.4 Å². The number of aryl methyl sites for hydroxylation is 1. The van der Waals surface area contributed by atoms with Crippen LogP contribution in [0.1, 0.15) is 18.1 Å². The van der Waals surface area contributed by atoms with Crippen LogP contribution in [-0.4, -0.2) is 18.3 Å². The molecule has 1 rings (SSSR count). The number of aliphatic hydroxyl groups excluding tert-OH is 1. The number of aliphatic hydroxyl groups is 1. The van der Waals surface area contributed by atoms with Crippen molar-refractivity contribution in [2.24, 2.45) is 5.73 Å². The van der Waals surface area contributed by atoms with Crippen molar-refractivity contribution in [2.75, 3.05) is 13.2 Å². The highest BCUT2D eigenvalue weighted by Crippen LogP contribution is 2.21. The number of halogens is 1. The Hall–Kier alpha value is -0.570. The van der Waals surface area contributed by atoms with E-state index in [1.165, 1.54) is 5.56 Å². The molecule has 0 saturated carbocycles. The summed E-state index contributed by atoms with van der Waals surface area (Å²) in [5, 5.41) is 9.23. The molecule has 0 bridgehead atoms. The molecular weight excluding hydrogens is 198 g/mol. The Kier molecular flexibility index (Phi) is 5.13. The minimum absolute atomic E-state index is 0. The first-order valence-corrected chi connectivity index (χ1v) is 4.50. The van der Waals surface area contributed by atoms with Crippen molar-refractivity contribution < 1.29 is 5.11 Å². The second kappa shape index (κ2) is 5.35. The van der Waals surface area contributed by atoms with Crippen molar-refractivity contribution in [3.05, 3.63) is 35.4 Å². The lowest BCUT2D eigenvalue weighted by atomic mass is 9.83. The van der Waals surface area contributed by atoms with Gasteiger partial charge in [-0.05, 0) is 12.5 Å². The molecule has 80 valence electrons. The summed E-state index contributed by atoms with van der Waals surface area (Å²) in [6, 6.07) is 8.13. The molecule has 0 fully saturated rings. The molecule has 0 aromatic heterocycles. The Morgan fingerprint density at radius 1 is 1.29 bits per heavy atom. The molecule has 0 heterocycles. The smallest absolute Gasteiger partial charge is 0.0537 e. The predicted molar refractivity (Wildman–Crippen MR) is 61.9 cm³/mol. The monoisotopic (exact) mass is 215 g/mol. The molecule has 0 radical (unpaired) electrons. The van der Waals surface area contributed by atoms with Crippen molar-refractivity contribution in [1.29, 1.82) is 0 Å². The Balaban J connectivity index is 0.00000169. The van der Waals surface area contributed by atoms with Crippen LogP contribution < -0.4 is 5.73 Å². The zero-order valence-electron chi connectivity index (χ0n) is 8.66. The summed E-state index contributed by atoms with van der Waals surface area (Å²) in [5.41, 5.74) is 7.65. The third-order valence-corrected chi connectivity index (χ3v) is 2.55. The van der Waals surface area contributed by atoms with Gasteiger partial charge >= 0.3 is 0 Å². The normalized spacial score (nSPS) is 14.3. The fourth-order valence-corrected chi connectivity index (χ4v) is 1.23. The number of nitrogens with two attached hydrogens (primary N) is 1. The fraction of sp³-hybridized carbons (Fsp3) is 0.455. The quantitative estimate of drug-likeness (QED) is 0.805. The van der Waals surface area contributed by atoms with Gasteiger partial charge in [-0.1, -0.05) is 36.8 Å². The Morgan fingerprint density at radius 3 is 2.14 bits per heavy atom. The van der Waals surface area contributed by atoms with Crippen LogP contribution in [0.3, 0.4) is 0 Å². The van der Waals surface area contributed by atoms with E-state index in [2.05, 4.69) is 0 Å². The molecule has 1 atom stereocenters. The van der Waals surface area contributed by atoms with Crippen LogP contribution >= 0.6 is 12.4 Å². The SMILES string of the molecule is Cc1ccc(C(C)(CN)CO)cc1.Cl. The van der Waals surface area contributed by atoms with E-state index in [9.17, 15) is 5.11 Å². The van der Waals surface area contributed by atoms with Gasteiger partial charge in [0, 0.05) is 12.0 Å². The molecule has 0 aliphatic heterocycles. The zero-order chi connectivity index (χ0) is 9.90. The molecule has 1 unspecified atom stereocenters. The Morgan fingerprint density at radius 2 is 1.79 bits per heavy atom. The van der Waals surface area contributed by atoms with Crippen LogP contribution in [0.15, 0.2) is 24.3 Å². The Bertz CT molecular complexity index is 267. The zero-order valence-corrected chi connectivity index (χ0v) is 9.47. The molecule has 0 spiro atoms. The minimum atomic E-state index is -0.298. The summed E-state index contributed by atoms with van der Waals surface area (Å²) < 4.78 is 0. The highest BCUT2D eigenvalue weighted by molar-refractivity contribution is 5.85. The molecule has 1 aromatic carbocycles. The van der Waals surface area contributed by atoms with Gasteiger partial charge in [0.15, 0.2) is 0 Å². The van der Waals surface area contributed by atoms with E-state index in [1.54, 1.807) is 0 Å². The molecule has 14 heavy (non-hydrogen) atoms. The maximum Gasteiger partial charge on any atom is 0.0537 e. The first kappa shape index (κ1) is 13.4. The second-order valence-corrected chi connectivity index (χ2v) is 3.79. The lowest BCUT2D eigenvalue weighted by Gasteiger charge is -2.25. The minimum Gasteiger partial charge on any atom is -0.395 e. The Labute approximate surface area is 91.5 Å². The standard InChI is InChI=1S/C11H17NO.ClH/c1-9-3-5-10(6-4-9)11(2,7-12)8-13;/h3-6,13H,7-8,12H2,1-2H3;1H. The summed E-state index contributed by atoms with van der Waals surface area (Å²) in [5.74, 6) is 0. The second-order valence-electron chi connectivity index (χ2n) is 3.79. The summed E-state index contributed by atoms with van der Waals surface area (Å²) in [4.78, 5) is 0. The lowest BCUT2D eigenvalue weighted by Crippen LogP contribution is -2.35. The van der Waals surface area contributed by atoms with Gasteiger partial charge in [-0.25, -0.2) is 0 Å². The summed E-state index contributed by atoms with van der Waals surface area (Å²) in [6.45, 7) is 4.57. The summed E-state index contributed by atoms with van der Waals surface area (Å²) >= 11 is 0. The van der Waals surface area contributed by atoms with Crippen LogP contribution in [0.5, 0.6) is 0 Å². The van der Waals surface area contributed by atoms with E-state index >= 15 is 0 Å². The van der Waals surface area contributed by atoms with Gasteiger partial charge in [0.2, 0.25) is 0 Å².